The van der Waals surface area contributed by atoms with Crippen molar-refractivity contribution >= 4 is 17.2 Å². The minimum atomic E-state index is 0.355. The predicted molar refractivity (Wildman–Crippen MR) is 68.5 cm³/mol. The number of furan rings is 1. The minimum Gasteiger partial charge on any atom is -0.458 e. The van der Waals surface area contributed by atoms with Gasteiger partial charge in [0.05, 0.1) is 11.7 Å². The van der Waals surface area contributed by atoms with Crippen molar-refractivity contribution in [2.45, 2.75) is 6.92 Å². The summed E-state index contributed by atoms with van der Waals surface area (Å²) >= 11 is 0. The summed E-state index contributed by atoms with van der Waals surface area (Å²) in [6, 6.07) is 3.75. The molecule has 0 fully saturated rings. The van der Waals surface area contributed by atoms with Crippen molar-refractivity contribution in [3.8, 4) is 11.1 Å². The van der Waals surface area contributed by atoms with E-state index in [0.29, 0.717) is 5.76 Å². The molecule has 0 saturated carbocycles. The van der Waals surface area contributed by atoms with E-state index >= 15 is 0 Å². The van der Waals surface area contributed by atoms with Crippen LogP contribution in [-0.2, 0) is 7.05 Å². The van der Waals surface area contributed by atoms with E-state index in [-0.39, 0.29) is 0 Å². The van der Waals surface area contributed by atoms with Crippen LogP contribution in [-0.4, -0.2) is 15.8 Å². The van der Waals surface area contributed by atoms with Gasteiger partial charge in [-0.25, -0.2) is 0 Å². The molecule has 0 N–H and O–H groups in total. The molecule has 0 amide bonds. The number of hydrogen-bond acceptors (Lipinski definition) is 3. The molecular formula is C14H12N2O2. The first-order valence-electron chi connectivity index (χ1n) is 5.65. The average Bonchev–Trinajstić information content (AvgIpc) is 2.91. The lowest BCUT2D eigenvalue weighted by Gasteiger charge is -1.95. The van der Waals surface area contributed by atoms with Gasteiger partial charge in [0.1, 0.15) is 5.76 Å². The van der Waals surface area contributed by atoms with E-state index < -0.39 is 0 Å². The highest BCUT2D eigenvalue weighted by Gasteiger charge is 2.14. The molecule has 3 aromatic rings. The number of carbonyl (C=O) groups is 1. The van der Waals surface area contributed by atoms with Crippen LogP contribution in [0.3, 0.4) is 0 Å². The quantitative estimate of drug-likeness (QED) is 0.647. The lowest BCUT2D eigenvalue weighted by molar-refractivity contribution is 0.109. The molecular weight excluding hydrogens is 228 g/mol. The second-order valence-corrected chi connectivity index (χ2v) is 4.28. The standard InChI is InChI=1S/C14H12N2O2/c1-9-12(5-10(8-17)18-9)13-7-16(2)14-6-15-4-3-11(13)14/h3-8H,1-2H3. The fourth-order valence-corrected chi connectivity index (χ4v) is 2.27. The van der Waals surface area contributed by atoms with Gasteiger partial charge in [0, 0.05) is 36.0 Å². The summed E-state index contributed by atoms with van der Waals surface area (Å²) in [4.78, 5) is 14.9. The van der Waals surface area contributed by atoms with Crippen LogP contribution in [0.15, 0.2) is 35.1 Å². The first-order valence-corrected chi connectivity index (χ1v) is 5.65. The van der Waals surface area contributed by atoms with E-state index in [1.165, 1.54) is 0 Å². The minimum absolute atomic E-state index is 0.355. The molecule has 90 valence electrons. The van der Waals surface area contributed by atoms with Crippen LogP contribution in [0.25, 0.3) is 22.0 Å². The first kappa shape index (κ1) is 10.8. The molecule has 0 atom stereocenters. The monoisotopic (exact) mass is 240 g/mol. The maximum atomic E-state index is 10.8. The molecule has 4 heteroatoms. The Morgan fingerprint density at radius 3 is 2.94 bits per heavy atom. The van der Waals surface area contributed by atoms with Crippen molar-refractivity contribution in [1.29, 1.82) is 0 Å². The van der Waals surface area contributed by atoms with Crippen LogP contribution in [0.4, 0.5) is 0 Å². The van der Waals surface area contributed by atoms with Gasteiger partial charge in [-0.3, -0.25) is 9.78 Å². The van der Waals surface area contributed by atoms with Gasteiger partial charge in [0.2, 0.25) is 0 Å². The van der Waals surface area contributed by atoms with Crippen LogP contribution in [0.5, 0.6) is 0 Å². The summed E-state index contributed by atoms with van der Waals surface area (Å²) in [5.41, 5.74) is 3.07. The van der Waals surface area contributed by atoms with Crippen LogP contribution >= 0.6 is 0 Å². The van der Waals surface area contributed by atoms with Gasteiger partial charge in [-0.2, -0.15) is 0 Å². The van der Waals surface area contributed by atoms with E-state index in [9.17, 15) is 4.79 Å². The number of hydrogen-bond donors (Lipinski definition) is 0. The zero-order valence-corrected chi connectivity index (χ0v) is 10.2. The molecule has 0 aliphatic heterocycles. The number of nitrogens with zero attached hydrogens (tertiary/aromatic N) is 2. The molecule has 0 bridgehead atoms. The van der Waals surface area contributed by atoms with Crippen molar-refractivity contribution in [2.75, 3.05) is 0 Å². The molecule has 0 unspecified atom stereocenters. The van der Waals surface area contributed by atoms with Crippen molar-refractivity contribution < 1.29 is 9.21 Å². The Balaban J connectivity index is 2.31. The summed E-state index contributed by atoms with van der Waals surface area (Å²) in [5, 5.41) is 1.11. The summed E-state index contributed by atoms with van der Waals surface area (Å²) < 4.78 is 7.40. The number of carbonyl (C=O) groups excluding carboxylic acids is 1. The number of fused-ring (bicyclic) bond motifs is 1. The molecule has 0 aliphatic rings. The van der Waals surface area contributed by atoms with E-state index in [0.717, 1.165) is 34.1 Å². The van der Waals surface area contributed by atoms with Gasteiger partial charge in [-0.05, 0) is 19.1 Å². The van der Waals surface area contributed by atoms with Crippen LogP contribution < -0.4 is 0 Å². The molecule has 0 radical (unpaired) electrons. The largest absolute Gasteiger partial charge is 0.458 e. The molecule has 18 heavy (non-hydrogen) atoms. The Hall–Kier alpha value is -2.36. The third-order valence-electron chi connectivity index (χ3n) is 3.14. The van der Waals surface area contributed by atoms with E-state index in [2.05, 4.69) is 4.98 Å². The molecule has 0 aromatic carbocycles. The third-order valence-corrected chi connectivity index (χ3v) is 3.14. The number of pyridine rings is 1. The number of rotatable bonds is 2. The van der Waals surface area contributed by atoms with Gasteiger partial charge in [-0.1, -0.05) is 0 Å². The van der Waals surface area contributed by atoms with Crippen molar-refractivity contribution in [2.24, 2.45) is 7.05 Å². The van der Waals surface area contributed by atoms with Gasteiger partial charge in [0.25, 0.3) is 0 Å². The van der Waals surface area contributed by atoms with E-state index in [1.54, 1.807) is 12.3 Å². The fraction of sp³-hybridized carbons (Fsp3) is 0.143. The van der Waals surface area contributed by atoms with Gasteiger partial charge < -0.3 is 8.98 Å². The third kappa shape index (κ3) is 1.46. The Morgan fingerprint density at radius 2 is 2.22 bits per heavy atom. The molecule has 0 saturated heterocycles. The van der Waals surface area contributed by atoms with E-state index in [1.807, 2.05) is 37.0 Å². The molecule has 3 rings (SSSR count). The van der Waals surface area contributed by atoms with Crippen LogP contribution in [0.2, 0.25) is 0 Å². The molecule has 0 spiro atoms. The SMILES string of the molecule is Cc1oc(C=O)cc1-c1cn(C)c2cnccc12. The van der Waals surface area contributed by atoms with Gasteiger partial charge in [-0.15, -0.1) is 0 Å². The summed E-state index contributed by atoms with van der Waals surface area (Å²) in [6.07, 6.45) is 6.35. The molecule has 3 aromatic heterocycles. The Labute approximate surface area is 104 Å². The normalized spacial score (nSPS) is 11.0. The Bertz CT molecular complexity index is 737. The highest BCUT2D eigenvalue weighted by molar-refractivity contribution is 5.96. The maximum Gasteiger partial charge on any atom is 0.185 e. The Kier molecular flexibility index (Phi) is 2.30. The lowest BCUT2D eigenvalue weighted by Crippen LogP contribution is -1.83. The molecule has 4 nitrogen and oxygen atoms in total. The number of aryl methyl sites for hydroxylation is 2. The zero-order chi connectivity index (χ0) is 12.7. The van der Waals surface area contributed by atoms with Crippen molar-refractivity contribution in [3.63, 3.8) is 0 Å². The summed E-state index contributed by atoms with van der Waals surface area (Å²) in [7, 11) is 1.98. The summed E-state index contributed by atoms with van der Waals surface area (Å²) in [5.74, 6) is 1.11. The van der Waals surface area contributed by atoms with Crippen molar-refractivity contribution in [3.05, 3.63) is 42.2 Å². The van der Waals surface area contributed by atoms with E-state index in [4.69, 9.17) is 4.42 Å². The zero-order valence-electron chi connectivity index (χ0n) is 10.2. The van der Waals surface area contributed by atoms with Gasteiger partial charge >= 0.3 is 0 Å². The molecule has 3 heterocycles. The smallest absolute Gasteiger partial charge is 0.185 e. The topological polar surface area (TPSA) is 48.0 Å². The number of aromatic nitrogens is 2. The fourth-order valence-electron chi connectivity index (χ4n) is 2.27. The van der Waals surface area contributed by atoms with Gasteiger partial charge in [0.15, 0.2) is 12.0 Å². The number of aldehydes is 1. The Morgan fingerprint density at radius 1 is 1.39 bits per heavy atom. The maximum absolute atomic E-state index is 10.8. The first-order chi connectivity index (χ1) is 8.70. The highest BCUT2D eigenvalue weighted by Crippen LogP contribution is 2.33. The van der Waals surface area contributed by atoms with Crippen molar-refractivity contribution in [1.82, 2.24) is 9.55 Å². The lowest BCUT2D eigenvalue weighted by atomic mass is 10.1. The van der Waals surface area contributed by atoms with Crippen LogP contribution in [0.1, 0.15) is 16.3 Å². The second kappa shape index (κ2) is 3.84. The molecule has 0 aliphatic carbocycles. The predicted octanol–water partition coefficient (Wildman–Crippen LogP) is 2.95. The summed E-state index contributed by atoms with van der Waals surface area (Å²) in [6.45, 7) is 1.86. The van der Waals surface area contributed by atoms with Crippen LogP contribution in [0, 0.1) is 6.92 Å². The average molecular weight is 240 g/mol. The second-order valence-electron chi connectivity index (χ2n) is 4.28. The highest BCUT2D eigenvalue weighted by atomic mass is 16.3.